The fraction of sp³-hybridized carbons (Fsp3) is 0.143. The molecular weight excluding hydrogens is 687 g/mol. The molecule has 0 fully saturated rings. The molecule has 9 rings (SSSR count). The summed E-state index contributed by atoms with van der Waals surface area (Å²) in [6, 6.07) is 66.9. The summed E-state index contributed by atoms with van der Waals surface area (Å²) < 4.78 is 0. The maximum absolute atomic E-state index is 7.15. The van der Waals surface area contributed by atoms with Crippen molar-refractivity contribution in [2.24, 2.45) is 5.73 Å². The lowest BCUT2D eigenvalue weighted by Crippen LogP contribution is -2.14. The number of hydrogen-bond donors (Lipinski definition) is 1. The van der Waals surface area contributed by atoms with Gasteiger partial charge in [-0.1, -0.05) is 189 Å². The molecule has 0 aliphatic heterocycles. The molecule has 0 aliphatic carbocycles. The van der Waals surface area contributed by atoms with Crippen LogP contribution in [0.25, 0.3) is 65.7 Å². The fourth-order valence-electron chi connectivity index (χ4n) is 9.37. The Morgan fingerprint density at radius 3 is 1.32 bits per heavy atom. The van der Waals surface area contributed by atoms with Crippen LogP contribution in [0, 0.1) is 6.92 Å². The van der Waals surface area contributed by atoms with Crippen molar-refractivity contribution in [1.82, 2.24) is 0 Å². The number of benzene rings is 9. The van der Waals surface area contributed by atoms with E-state index in [2.05, 4.69) is 196 Å². The van der Waals surface area contributed by atoms with Crippen LogP contribution >= 0.6 is 0 Å². The maximum Gasteiger partial charge on any atom is 0.0301 e. The SMILES string of the molecule is CCC(N)c1c(CCc2c(CCc3c(C)cc4ccccc4c3-c3ccccc3)cc3ccccc3c2-c2ccccc2)cc2ccccc2c1-c1ccccc1. The molecule has 0 spiro atoms. The lowest BCUT2D eigenvalue weighted by molar-refractivity contribution is 0.689. The molecule has 1 nitrogen and oxygen atoms in total. The van der Waals surface area contributed by atoms with Gasteiger partial charge in [0.25, 0.3) is 0 Å². The summed E-state index contributed by atoms with van der Waals surface area (Å²) >= 11 is 0. The Morgan fingerprint density at radius 2 is 0.789 bits per heavy atom. The van der Waals surface area contributed by atoms with Crippen molar-refractivity contribution in [1.29, 1.82) is 0 Å². The van der Waals surface area contributed by atoms with E-state index in [4.69, 9.17) is 5.73 Å². The highest BCUT2D eigenvalue weighted by Gasteiger charge is 2.22. The molecule has 0 bridgehead atoms. The molecule has 1 unspecified atom stereocenters. The van der Waals surface area contributed by atoms with Gasteiger partial charge in [0.2, 0.25) is 0 Å². The molecular formula is C56H49N. The Labute approximate surface area is 337 Å². The smallest absolute Gasteiger partial charge is 0.0301 e. The zero-order valence-corrected chi connectivity index (χ0v) is 33.0. The lowest BCUT2D eigenvalue weighted by atomic mass is 9.81. The van der Waals surface area contributed by atoms with Gasteiger partial charge < -0.3 is 5.73 Å². The Morgan fingerprint density at radius 1 is 0.404 bits per heavy atom. The Bertz CT molecular complexity index is 2840. The van der Waals surface area contributed by atoms with Crippen molar-refractivity contribution in [2.45, 2.75) is 52.0 Å². The van der Waals surface area contributed by atoms with Gasteiger partial charge in [-0.25, -0.2) is 0 Å². The van der Waals surface area contributed by atoms with Crippen LogP contribution in [0.3, 0.4) is 0 Å². The summed E-state index contributed by atoms with van der Waals surface area (Å²) in [6.07, 6.45) is 4.55. The first kappa shape index (κ1) is 36.4. The van der Waals surface area contributed by atoms with E-state index >= 15 is 0 Å². The molecule has 57 heavy (non-hydrogen) atoms. The van der Waals surface area contributed by atoms with Crippen molar-refractivity contribution in [2.75, 3.05) is 0 Å². The molecule has 2 N–H and O–H groups in total. The molecule has 9 aromatic rings. The predicted octanol–water partition coefficient (Wildman–Crippen LogP) is 14.4. The topological polar surface area (TPSA) is 26.0 Å². The normalized spacial score (nSPS) is 12.1. The molecule has 0 amide bonds. The van der Waals surface area contributed by atoms with Gasteiger partial charge in [-0.05, 0) is 138 Å². The monoisotopic (exact) mass is 735 g/mol. The summed E-state index contributed by atoms with van der Waals surface area (Å²) in [5, 5.41) is 7.74. The Balaban J connectivity index is 1.22. The number of aryl methyl sites for hydroxylation is 3. The summed E-state index contributed by atoms with van der Waals surface area (Å²) in [7, 11) is 0. The third-order valence-electron chi connectivity index (χ3n) is 12.1. The van der Waals surface area contributed by atoms with Crippen molar-refractivity contribution in [3.05, 3.63) is 215 Å². The third kappa shape index (κ3) is 7.05. The highest BCUT2D eigenvalue weighted by molar-refractivity contribution is 6.02. The Hall–Kier alpha value is -6.28. The van der Waals surface area contributed by atoms with Gasteiger partial charge in [0.1, 0.15) is 0 Å². The van der Waals surface area contributed by atoms with Gasteiger partial charge in [-0.15, -0.1) is 0 Å². The van der Waals surface area contributed by atoms with E-state index in [1.807, 2.05) is 0 Å². The van der Waals surface area contributed by atoms with Crippen LogP contribution in [0.5, 0.6) is 0 Å². The predicted molar refractivity (Wildman–Crippen MR) is 245 cm³/mol. The first-order chi connectivity index (χ1) is 28.1. The largest absolute Gasteiger partial charge is 0.324 e. The molecule has 1 atom stereocenters. The van der Waals surface area contributed by atoms with Crippen molar-refractivity contribution in [3.8, 4) is 33.4 Å². The zero-order chi connectivity index (χ0) is 38.7. The van der Waals surface area contributed by atoms with Crippen LogP contribution < -0.4 is 5.73 Å². The lowest BCUT2D eigenvalue weighted by Gasteiger charge is -2.24. The van der Waals surface area contributed by atoms with Crippen molar-refractivity contribution < 1.29 is 0 Å². The van der Waals surface area contributed by atoms with Crippen LogP contribution in [-0.2, 0) is 25.7 Å². The number of fused-ring (bicyclic) bond motifs is 3. The molecule has 1 heteroatoms. The van der Waals surface area contributed by atoms with Crippen LogP contribution in [0.15, 0.2) is 182 Å². The van der Waals surface area contributed by atoms with Gasteiger partial charge in [0.15, 0.2) is 0 Å². The van der Waals surface area contributed by atoms with E-state index in [0.717, 1.165) is 32.1 Å². The quantitative estimate of drug-likeness (QED) is 0.141. The van der Waals surface area contributed by atoms with E-state index in [0.29, 0.717) is 0 Å². The minimum absolute atomic E-state index is 0.0724. The van der Waals surface area contributed by atoms with Gasteiger partial charge in [-0.3, -0.25) is 0 Å². The van der Waals surface area contributed by atoms with Crippen LogP contribution in [0.1, 0.15) is 52.8 Å². The number of nitrogens with two attached hydrogens (primary N) is 1. The molecule has 9 aromatic carbocycles. The minimum Gasteiger partial charge on any atom is -0.324 e. The molecule has 278 valence electrons. The van der Waals surface area contributed by atoms with Gasteiger partial charge >= 0.3 is 0 Å². The molecule has 0 saturated heterocycles. The fourth-order valence-corrected chi connectivity index (χ4v) is 9.37. The second-order valence-electron chi connectivity index (χ2n) is 15.5. The average molecular weight is 736 g/mol. The zero-order valence-electron chi connectivity index (χ0n) is 33.0. The van der Waals surface area contributed by atoms with Crippen LogP contribution in [0.4, 0.5) is 0 Å². The van der Waals surface area contributed by atoms with E-state index in [1.165, 1.54) is 99.1 Å². The third-order valence-corrected chi connectivity index (χ3v) is 12.1. The molecule has 0 saturated carbocycles. The minimum atomic E-state index is -0.0724. The average Bonchev–Trinajstić information content (AvgIpc) is 3.27. The van der Waals surface area contributed by atoms with Crippen molar-refractivity contribution >= 4 is 32.3 Å². The standard InChI is InChI=1S/C56H49N/c1-3-52(57)56-46(37-44-27-15-18-30-50(44)55(56)41-23-11-6-12-24-41)32-34-51-45(36-43-26-14-17-29-49(43)54(51)40-21-9-5-10-22-40)31-33-47-38(2)35-42-25-13-16-28-48(42)53(47)39-19-7-4-8-20-39/h4-30,35-37,52H,3,31-34,57H2,1-2H3. The summed E-state index contributed by atoms with van der Waals surface area (Å²) in [5.74, 6) is 0. The number of hydrogen-bond acceptors (Lipinski definition) is 1. The summed E-state index contributed by atoms with van der Waals surface area (Å²) in [6.45, 7) is 4.51. The summed E-state index contributed by atoms with van der Waals surface area (Å²) in [5.41, 5.74) is 23.2. The van der Waals surface area contributed by atoms with Gasteiger partial charge in [0.05, 0.1) is 0 Å². The van der Waals surface area contributed by atoms with E-state index < -0.39 is 0 Å². The highest BCUT2D eigenvalue weighted by atomic mass is 14.6. The highest BCUT2D eigenvalue weighted by Crippen LogP contribution is 2.42. The molecule has 0 aliphatic rings. The second-order valence-corrected chi connectivity index (χ2v) is 15.5. The molecule has 0 heterocycles. The van der Waals surface area contributed by atoms with Gasteiger partial charge in [0, 0.05) is 6.04 Å². The molecule has 0 radical (unpaired) electrons. The van der Waals surface area contributed by atoms with Gasteiger partial charge in [-0.2, -0.15) is 0 Å². The van der Waals surface area contributed by atoms with Crippen molar-refractivity contribution in [3.63, 3.8) is 0 Å². The van der Waals surface area contributed by atoms with E-state index in [-0.39, 0.29) is 6.04 Å². The molecule has 0 aromatic heterocycles. The van der Waals surface area contributed by atoms with Crippen LogP contribution in [0.2, 0.25) is 0 Å². The second kappa shape index (κ2) is 16.1. The first-order valence-electron chi connectivity index (χ1n) is 20.6. The van der Waals surface area contributed by atoms with Crippen LogP contribution in [-0.4, -0.2) is 0 Å². The van der Waals surface area contributed by atoms with E-state index in [9.17, 15) is 0 Å². The van der Waals surface area contributed by atoms with E-state index in [1.54, 1.807) is 0 Å². The number of rotatable bonds is 11. The summed E-state index contributed by atoms with van der Waals surface area (Å²) in [4.78, 5) is 0. The first-order valence-corrected chi connectivity index (χ1v) is 20.6. The maximum atomic E-state index is 7.15. The Kier molecular flexibility index (Phi) is 10.2.